The summed E-state index contributed by atoms with van der Waals surface area (Å²) in [5.74, 6) is -0.0418. The maximum Gasteiger partial charge on any atom is 0.252 e. The van der Waals surface area contributed by atoms with Crippen molar-refractivity contribution in [1.82, 2.24) is 10.2 Å². The highest BCUT2D eigenvalue weighted by molar-refractivity contribution is 5.90. The third-order valence-corrected chi connectivity index (χ3v) is 3.79. The van der Waals surface area contributed by atoms with Crippen LogP contribution in [0.3, 0.4) is 0 Å². The van der Waals surface area contributed by atoms with E-state index in [1.165, 1.54) is 0 Å². The Kier molecular flexibility index (Phi) is 4.68. The van der Waals surface area contributed by atoms with Gasteiger partial charge in [-0.05, 0) is 52.9 Å². The predicted molar refractivity (Wildman–Crippen MR) is 76.2 cm³/mol. The first-order chi connectivity index (χ1) is 9.38. The van der Waals surface area contributed by atoms with Crippen molar-refractivity contribution in [2.45, 2.75) is 70.6 Å². The molecular weight excluding hydrogens is 256 g/mol. The number of hydrogen-bond donors (Lipinski definition) is 1. The van der Waals surface area contributed by atoms with Crippen LogP contribution in [0.4, 0.5) is 0 Å². The second-order valence-electron chi connectivity index (χ2n) is 6.78. The summed E-state index contributed by atoms with van der Waals surface area (Å²) >= 11 is 0. The van der Waals surface area contributed by atoms with Crippen LogP contribution in [0.15, 0.2) is 0 Å². The highest BCUT2D eigenvalue weighted by Gasteiger charge is 2.37. The summed E-state index contributed by atoms with van der Waals surface area (Å²) in [6, 6.07) is -0.334. The molecule has 0 bridgehead atoms. The largest absolute Gasteiger partial charge is 0.368 e. The molecule has 2 fully saturated rings. The molecule has 114 valence electrons. The van der Waals surface area contributed by atoms with Crippen molar-refractivity contribution in [3.63, 3.8) is 0 Å². The Labute approximate surface area is 121 Å². The molecule has 2 aliphatic rings. The lowest BCUT2D eigenvalue weighted by Gasteiger charge is -2.37. The molecule has 2 amide bonds. The molecular formula is C15H26N2O3. The lowest BCUT2D eigenvalue weighted by atomic mass is 9.98. The smallest absolute Gasteiger partial charge is 0.252 e. The first kappa shape index (κ1) is 15.3. The third kappa shape index (κ3) is 3.72. The van der Waals surface area contributed by atoms with E-state index in [9.17, 15) is 9.59 Å². The van der Waals surface area contributed by atoms with E-state index >= 15 is 0 Å². The molecule has 2 saturated heterocycles. The maximum atomic E-state index is 12.5. The molecule has 0 aromatic rings. The minimum absolute atomic E-state index is 0.00346. The summed E-state index contributed by atoms with van der Waals surface area (Å²) in [6.07, 6.45) is 4.10. The summed E-state index contributed by atoms with van der Waals surface area (Å²) < 4.78 is 5.47. The van der Waals surface area contributed by atoms with Crippen LogP contribution in [0.1, 0.15) is 52.9 Å². The topological polar surface area (TPSA) is 58.6 Å². The van der Waals surface area contributed by atoms with Crippen molar-refractivity contribution in [3.05, 3.63) is 0 Å². The van der Waals surface area contributed by atoms with E-state index in [4.69, 9.17) is 4.74 Å². The molecule has 0 aromatic carbocycles. The number of nitrogens with one attached hydrogen (secondary N) is 1. The van der Waals surface area contributed by atoms with Crippen LogP contribution in [0.5, 0.6) is 0 Å². The van der Waals surface area contributed by atoms with E-state index < -0.39 is 0 Å². The molecule has 2 unspecified atom stereocenters. The Morgan fingerprint density at radius 2 is 1.90 bits per heavy atom. The Bertz CT molecular complexity index is 370. The monoisotopic (exact) mass is 282 g/mol. The SMILES string of the molecule is CC(C)(C)NC(=O)C1CCCCN1C(=O)C1CCCO1. The summed E-state index contributed by atoms with van der Waals surface area (Å²) in [7, 11) is 0. The molecule has 0 aliphatic carbocycles. The zero-order chi connectivity index (χ0) is 14.8. The number of carbonyl (C=O) groups is 2. The summed E-state index contributed by atoms with van der Waals surface area (Å²) in [5.41, 5.74) is -0.271. The van der Waals surface area contributed by atoms with Gasteiger partial charge in [-0.3, -0.25) is 9.59 Å². The predicted octanol–water partition coefficient (Wildman–Crippen LogP) is 1.46. The normalized spacial score (nSPS) is 27.4. The number of carbonyl (C=O) groups excluding carboxylic acids is 2. The fourth-order valence-corrected chi connectivity index (χ4v) is 2.88. The quantitative estimate of drug-likeness (QED) is 0.834. The molecule has 20 heavy (non-hydrogen) atoms. The van der Waals surface area contributed by atoms with Gasteiger partial charge in [-0.2, -0.15) is 0 Å². The zero-order valence-electron chi connectivity index (χ0n) is 12.8. The number of likely N-dealkylation sites (tertiary alicyclic amines) is 1. The number of piperidine rings is 1. The van der Waals surface area contributed by atoms with E-state index in [0.29, 0.717) is 13.2 Å². The second-order valence-corrected chi connectivity index (χ2v) is 6.78. The van der Waals surface area contributed by atoms with Crippen LogP contribution in [-0.2, 0) is 14.3 Å². The van der Waals surface area contributed by atoms with Gasteiger partial charge in [0.05, 0.1) is 0 Å². The molecule has 1 N–H and O–H groups in total. The van der Waals surface area contributed by atoms with Gasteiger partial charge in [0.25, 0.3) is 5.91 Å². The van der Waals surface area contributed by atoms with E-state index in [1.54, 1.807) is 4.90 Å². The zero-order valence-corrected chi connectivity index (χ0v) is 12.8. The molecule has 5 heteroatoms. The minimum atomic E-state index is -0.335. The van der Waals surface area contributed by atoms with Gasteiger partial charge in [-0.25, -0.2) is 0 Å². The van der Waals surface area contributed by atoms with Crippen molar-refractivity contribution in [1.29, 1.82) is 0 Å². The Morgan fingerprint density at radius 1 is 1.15 bits per heavy atom. The lowest BCUT2D eigenvalue weighted by molar-refractivity contribution is -0.150. The minimum Gasteiger partial charge on any atom is -0.368 e. The van der Waals surface area contributed by atoms with Crippen molar-refractivity contribution < 1.29 is 14.3 Å². The van der Waals surface area contributed by atoms with Gasteiger partial charge in [-0.1, -0.05) is 0 Å². The summed E-state index contributed by atoms with van der Waals surface area (Å²) in [6.45, 7) is 7.20. The van der Waals surface area contributed by atoms with Crippen LogP contribution >= 0.6 is 0 Å². The molecule has 0 spiro atoms. The van der Waals surface area contributed by atoms with Gasteiger partial charge in [0.2, 0.25) is 5.91 Å². The first-order valence-corrected chi connectivity index (χ1v) is 7.62. The molecule has 2 rings (SSSR count). The van der Waals surface area contributed by atoms with Gasteiger partial charge in [-0.15, -0.1) is 0 Å². The van der Waals surface area contributed by atoms with E-state index in [-0.39, 0.29) is 29.5 Å². The molecule has 0 saturated carbocycles. The fourth-order valence-electron chi connectivity index (χ4n) is 2.88. The molecule has 0 radical (unpaired) electrons. The van der Waals surface area contributed by atoms with E-state index in [2.05, 4.69) is 5.32 Å². The Balaban J connectivity index is 2.04. The standard InChI is InChI=1S/C15H26N2O3/c1-15(2,3)16-13(18)11-7-4-5-9-17(11)14(19)12-8-6-10-20-12/h11-12H,4-10H2,1-3H3,(H,16,18). The van der Waals surface area contributed by atoms with Gasteiger partial charge in [0.1, 0.15) is 12.1 Å². The fraction of sp³-hybridized carbons (Fsp3) is 0.867. The first-order valence-electron chi connectivity index (χ1n) is 7.62. The summed E-state index contributed by atoms with van der Waals surface area (Å²) in [5, 5.41) is 2.99. The number of nitrogens with zero attached hydrogens (tertiary/aromatic N) is 1. The average molecular weight is 282 g/mol. The number of rotatable bonds is 2. The average Bonchev–Trinajstić information content (AvgIpc) is 2.89. The highest BCUT2D eigenvalue weighted by atomic mass is 16.5. The number of hydrogen-bond acceptors (Lipinski definition) is 3. The molecule has 2 heterocycles. The number of ether oxygens (including phenoxy) is 1. The van der Waals surface area contributed by atoms with Gasteiger partial charge < -0.3 is 15.0 Å². The summed E-state index contributed by atoms with van der Waals surface area (Å²) in [4.78, 5) is 26.6. The Morgan fingerprint density at radius 3 is 2.50 bits per heavy atom. The van der Waals surface area contributed by atoms with Crippen molar-refractivity contribution in [3.8, 4) is 0 Å². The van der Waals surface area contributed by atoms with Crippen LogP contribution in [-0.4, -0.2) is 47.6 Å². The lowest BCUT2D eigenvalue weighted by Crippen LogP contribution is -2.57. The van der Waals surface area contributed by atoms with Crippen LogP contribution in [0, 0.1) is 0 Å². The van der Waals surface area contributed by atoms with Gasteiger partial charge in [0, 0.05) is 18.7 Å². The molecule has 2 atom stereocenters. The molecule has 0 aromatic heterocycles. The highest BCUT2D eigenvalue weighted by Crippen LogP contribution is 2.22. The second kappa shape index (κ2) is 6.12. The van der Waals surface area contributed by atoms with Crippen molar-refractivity contribution >= 4 is 11.8 Å². The van der Waals surface area contributed by atoms with Gasteiger partial charge >= 0.3 is 0 Å². The van der Waals surface area contributed by atoms with E-state index in [1.807, 2.05) is 20.8 Å². The maximum absolute atomic E-state index is 12.5. The molecule has 2 aliphatic heterocycles. The number of amides is 2. The third-order valence-electron chi connectivity index (χ3n) is 3.79. The van der Waals surface area contributed by atoms with E-state index in [0.717, 1.165) is 32.1 Å². The Hall–Kier alpha value is -1.10. The van der Waals surface area contributed by atoms with Crippen LogP contribution in [0.25, 0.3) is 0 Å². The van der Waals surface area contributed by atoms with Crippen LogP contribution < -0.4 is 5.32 Å². The van der Waals surface area contributed by atoms with Crippen molar-refractivity contribution in [2.24, 2.45) is 0 Å². The van der Waals surface area contributed by atoms with Crippen LogP contribution in [0.2, 0.25) is 0 Å². The van der Waals surface area contributed by atoms with Gasteiger partial charge in [0.15, 0.2) is 0 Å². The molecule has 5 nitrogen and oxygen atoms in total. The van der Waals surface area contributed by atoms with Crippen molar-refractivity contribution in [2.75, 3.05) is 13.2 Å².